The quantitative estimate of drug-likeness (QED) is 0.759. The summed E-state index contributed by atoms with van der Waals surface area (Å²) in [5, 5.41) is 3.91. The van der Waals surface area contributed by atoms with Crippen molar-refractivity contribution in [2.24, 2.45) is 11.8 Å². The second-order valence-corrected chi connectivity index (χ2v) is 6.18. The fourth-order valence-corrected chi connectivity index (χ4v) is 3.12. The smallest absolute Gasteiger partial charge is 0.0594 e. The van der Waals surface area contributed by atoms with Gasteiger partial charge in [-0.05, 0) is 44.4 Å². The Morgan fingerprint density at radius 1 is 1.12 bits per heavy atom. The fourth-order valence-electron chi connectivity index (χ4n) is 3.12. The average molecular weight is 238 g/mol. The highest BCUT2D eigenvalue weighted by molar-refractivity contribution is 4.97. The Kier molecular flexibility index (Phi) is 3.69. The Balaban J connectivity index is 1.43. The van der Waals surface area contributed by atoms with E-state index < -0.39 is 0 Å². The lowest BCUT2D eigenvalue weighted by Gasteiger charge is -2.31. The Labute approximate surface area is 105 Å². The van der Waals surface area contributed by atoms with Crippen LogP contribution in [0.5, 0.6) is 0 Å². The third kappa shape index (κ3) is 3.43. The Morgan fingerprint density at radius 3 is 2.24 bits per heavy atom. The van der Waals surface area contributed by atoms with Crippen LogP contribution in [-0.4, -0.2) is 49.8 Å². The molecule has 1 N–H and O–H groups in total. The van der Waals surface area contributed by atoms with E-state index in [1.54, 1.807) is 0 Å². The molecule has 0 radical (unpaired) electrons. The molecule has 1 aliphatic heterocycles. The highest BCUT2D eigenvalue weighted by atomic mass is 16.5. The third-order valence-electron chi connectivity index (χ3n) is 4.37. The normalized spacial score (nSPS) is 28.6. The first-order chi connectivity index (χ1) is 8.33. The van der Waals surface area contributed by atoms with Gasteiger partial charge in [0.25, 0.3) is 0 Å². The van der Waals surface area contributed by atoms with Crippen LogP contribution in [0.4, 0.5) is 0 Å². The van der Waals surface area contributed by atoms with E-state index in [0.717, 1.165) is 44.2 Å². The topological polar surface area (TPSA) is 24.5 Å². The molecule has 3 nitrogen and oxygen atoms in total. The highest BCUT2D eigenvalue weighted by Gasteiger charge is 2.41. The number of morpholine rings is 1. The lowest BCUT2D eigenvalue weighted by atomic mass is 10.1. The number of hydrogen-bond acceptors (Lipinski definition) is 3. The van der Waals surface area contributed by atoms with Gasteiger partial charge in [-0.2, -0.15) is 0 Å². The summed E-state index contributed by atoms with van der Waals surface area (Å²) in [6, 6.07) is 1.48. The Hall–Kier alpha value is -0.120. The summed E-state index contributed by atoms with van der Waals surface area (Å²) in [7, 11) is 0. The van der Waals surface area contributed by atoms with Crippen molar-refractivity contribution >= 4 is 0 Å². The van der Waals surface area contributed by atoms with Gasteiger partial charge in [0, 0.05) is 31.7 Å². The Bertz CT molecular complexity index is 233. The van der Waals surface area contributed by atoms with Gasteiger partial charge in [0.15, 0.2) is 0 Å². The molecule has 3 fully saturated rings. The largest absolute Gasteiger partial charge is 0.379 e. The van der Waals surface area contributed by atoms with Crippen molar-refractivity contribution in [1.82, 2.24) is 10.2 Å². The van der Waals surface area contributed by atoms with Crippen LogP contribution in [0.25, 0.3) is 0 Å². The molecule has 98 valence electrons. The lowest BCUT2D eigenvalue weighted by molar-refractivity contribution is 0.0335. The monoisotopic (exact) mass is 238 g/mol. The maximum atomic E-state index is 5.40. The van der Waals surface area contributed by atoms with Gasteiger partial charge in [-0.15, -0.1) is 0 Å². The maximum Gasteiger partial charge on any atom is 0.0594 e. The minimum Gasteiger partial charge on any atom is -0.379 e. The predicted molar refractivity (Wildman–Crippen MR) is 69.1 cm³/mol. The lowest BCUT2D eigenvalue weighted by Crippen LogP contribution is -2.48. The number of nitrogens with one attached hydrogen (secondary N) is 1. The van der Waals surface area contributed by atoms with Crippen molar-refractivity contribution in [2.75, 3.05) is 32.8 Å². The van der Waals surface area contributed by atoms with E-state index in [4.69, 9.17) is 4.74 Å². The summed E-state index contributed by atoms with van der Waals surface area (Å²) in [5.41, 5.74) is 0. The molecule has 17 heavy (non-hydrogen) atoms. The van der Waals surface area contributed by atoms with Gasteiger partial charge in [0.2, 0.25) is 0 Å². The minimum atomic E-state index is 0.638. The summed E-state index contributed by atoms with van der Waals surface area (Å²) < 4.78 is 5.40. The molecular weight excluding hydrogens is 212 g/mol. The molecule has 0 amide bonds. The van der Waals surface area contributed by atoms with E-state index in [9.17, 15) is 0 Å². The molecule has 2 saturated carbocycles. The van der Waals surface area contributed by atoms with E-state index in [1.807, 2.05) is 0 Å². The molecule has 0 aromatic carbocycles. The van der Waals surface area contributed by atoms with E-state index in [2.05, 4.69) is 17.1 Å². The molecule has 1 unspecified atom stereocenters. The summed E-state index contributed by atoms with van der Waals surface area (Å²) in [4.78, 5) is 2.54. The zero-order valence-electron chi connectivity index (χ0n) is 11.0. The number of ether oxygens (including phenoxy) is 1. The van der Waals surface area contributed by atoms with E-state index in [0.29, 0.717) is 6.04 Å². The molecule has 1 atom stereocenters. The number of hydrogen-bond donors (Lipinski definition) is 1. The summed E-state index contributed by atoms with van der Waals surface area (Å²) in [6.45, 7) is 7.61. The Morgan fingerprint density at radius 2 is 1.71 bits per heavy atom. The van der Waals surface area contributed by atoms with Gasteiger partial charge >= 0.3 is 0 Å². The van der Waals surface area contributed by atoms with Crippen molar-refractivity contribution in [2.45, 2.75) is 44.7 Å². The number of rotatable bonds is 6. The molecular formula is C14H26N2O. The van der Waals surface area contributed by atoms with Crippen LogP contribution in [0.3, 0.4) is 0 Å². The predicted octanol–water partition coefficient (Wildman–Crippen LogP) is 1.49. The summed E-state index contributed by atoms with van der Waals surface area (Å²) >= 11 is 0. The molecule has 0 aromatic heterocycles. The molecule has 0 spiro atoms. The molecule has 2 aliphatic carbocycles. The first kappa shape index (κ1) is 11.9. The molecule has 1 saturated heterocycles. The van der Waals surface area contributed by atoms with Crippen LogP contribution in [0, 0.1) is 11.8 Å². The number of nitrogens with zero attached hydrogens (tertiary/aromatic N) is 1. The van der Waals surface area contributed by atoms with Crippen LogP contribution in [0.1, 0.15) is 32.6 Å². The highest BCUT2D eigenvalue weighted by Crippen LogP contribution is 2.44. The molecule has 1 heterocycles. The van der Waals surface area contributed by atoms with Crippen molar-refractivity contribution in [3.05, 3.63) is 0 Å². The summed E-state index contributed by atoms with van der Waals surface area (Å²) in [5.74, 6) is 2.02. The third-order valence-corrected chi connectivity index (χ3v) is 4.37. The van der Waals surface area contributed by atoms with Crippen LogP contribution in [0.2, 0.25) is 0 Å². The van der Waals surface area contributed by atoms with E-state index in [-0.39, 0.29) is 0 Å². The molecule has 3 rings (SSSR count). The van der Waals surface area contributed by atoms with Crippen LogP contribution >= 0.6 is 0 Å². The van der Waals surface area contributed by atoms with Crippen molar-refractivity contribution in [3.63, 3.8) is 0 Å². The van der Waals surface area contributed by atoms with Crippen LogP contribution in [-0.2, 0) is 4.74 Å². The van der Waals surface area contributed by atoms with Crippen LogP contribution < -0.4 is 5.32 Å². The van der Waals surface area contributed by atoms with E-state index >= 15 is 0 Å². The second-order valence-electron chi connectivity index (χ2n) is 6.18. The van der Waals surface area contributed by atoms with Crippen molar-refractivity contribution < 1.29 is 4.74 Å². The van der Waals surface area contributed by atoms with Gasteiger partial charge < -0.3 is 10.1 Å². The SMILES string of the molecule is CC(CN1CCOCC1)NC(C1CC1)C1CC1. The molecule has 3 aliphatic rings. The average Bonchev–Trinajstić information content (AvgIpc) is 3.19. The summed E-state index contributed by atoms with van der Waals surface area (Å²) in [6.07, 6.45) is 5.88. The first-order valence-electron chi connectivity index (χ1n) is 7.39. The standard InChI is InChI=1S/C14H26N2O/c1-11(10-16-6-8-17-9-7-16)15-14(12-2-3-12)13-4-5-13/h11-15H,2-10H2,1H3. The first-order valence-corrected chi connectivity index (χ1v) is 7.39. The molecule has 3 heteroatoms. The zero-order valence-corrected chi connectivity index (χ0v) is 11.0. The molecule has 0 aromatic rings. The van der Waals surface area contributed by atoms with Crippen molar-refractivity contribution in [1.29, 1.82) is 0 Å². The van der Waals surface area contributed by atoms with Gasteiger partial charge in [-0.3, -0.25) is 4.90 Å². The minimum absolute atomic E-state index is 0.638. The molecule has 0 bridgehead atoms. The van der Waals surface area contributed by atoms with Gasteiger partial charge in [-0.1, -0.05) is 0 Å². The second kappa shape index (κ2) is 5.25. The van der Waals surface area contributed by atoms with E-state index in [1.165, 1.54) is 32.2 Å². The zero-order chi connectivity index (χ0) is 11.7. The van der Waals surface area contributed by atoms with Gasteiger partial charge in [0.1, 0.15) is 0 Å². The van der Waals surface area contributed by atoms with Crippen molar-refractivity contribution in [3.8, 4) is 0 Å². The maximum absolute atomic E-state index is 5.40. The fraction of sp³-hybridized carbons (Fsp3) is 1.00. The van der Waals surface area contributed by atoms with Gasteiger partial charge in [0.05, 0.1) is 13.2 Å². The van der Waals surface area contributed by atoms with Gasteiger partial charge in [-0.25, -0.2) is 0 Å². The van der Waals surface area contributed by atoms with Crippen LogP contribution in [0.15, 0.2) is 0 Å².